The molecule has 0 aliphatic heterocycles. The van der Waals surface area contributed by atoms with Gasteiger partial charge in [0.05, 0.1) is 0 Å². The van der Waals surface area contributed by atoms with E-state index in [1.807, 2.05) is 66.7 Å². The molecule has 1 N–H and O–H groups in total. The van der Waals surface area contributed by atoms with E-state index in [0.29, 0.717) is 12.2 Å². The van der Waals surface area contributed by atoms with Crippen molar-refractivity contribution in [3.63, 3.8) is 0 Å². The molecule has 1 aromatic heterocycles. The lowest BCUT2D eigenvalue weighted by Gasteiger charge is -2.15. The van der Waals surface area contributed by atoms with Gasteiger partial charge in [-0.25, -0.2) is 9.18 Å². The van der Waals surface area contributed by atoms with Crippen molar-refractivity contribution in [3.8, 4) is 28.0 Å². The number of benzene rings is 5. The van der Waals surface area contributed by atoms with Crippen LogP contribution in [-0.2, 0) is 17.6 Å². The fourth-order valence-corrected chi connectivity index (χ4v) is 6.31. The molecule has 0 bridgehead atoms. The molecule has 0 aliphatic rings. The summed E-state index contributed by atoms with van der Waals surface area (Å²) in [4.78, 5) is 13.1. The standard InChI is InChI=1S/C36H27FO3S/c37-29-18-10-25(11-19-29)23-34-35(31-8-4-5-9-33(31)41-34)28-14-12-26(13-15-28)27-16-20-30(21-17-27)40-32(36(38)39)22-24-6-2-1-3-7-24/h1-21,32H,22-23H2,(H,38,39)/t32-/m1/s1. The number of hydrogen-bond donors (Lipinski definition) is 1. The zero-order valence-corrected chi connectivity index (χ0v) is 23.0. The van der Waals surface area contributed by atoms with Crippen LogP contribution in [0.4, 0.5) is 4.39 Å². The number of aliphatic carboxylic acids is 1. The van der Waals surface area contributed by atoms with E-state index < -0.39 is 12.1 Å². The first kappa shape index (κ1) is 26.5. The topological polar surface area (TPSA) is 46.5 Å². The van der Waals surface area contributed by atoms with E-state index in [0.717, 1.165) is 34.2 Å². The van der Waals surface area contributed by atoms with Crippen molar-refractivity contribution in [2.75, 3.05) is 0 Å². The normalized spacial score (nSPS) is 11.8. The summed E-state index contributed by atoms with van der Waals surface area (Å²) in [6, 6.07) is 40.7. The van der Waals surface area contributed by atoms with Crippen molar-refractivity contribution in [3.05, 3.63) is 149 Å². The largest absolute Gasteiger partial charge is 0.478 e. The number of carboxylic acid groups (broad SMARTS) is 1. The maximum Gasteiger partial charge on any atom is 0.345 e. The number of fused-ring (bicyclic) bond motifs is 1. The Hall–Kier alpha value is -4.74. The Morgan fingerprint density at radius 1 is 0.707 bits per heavy atom. The lowest BCUT2D eigenvalue weighted by atomic mass is 9.96. The zero-order chi connectivity index (χ0) is 28.2. The number of ether oxygens (including phenoxy) is 1. The first-order valence-corrected chi connectivity index (χ1v) is 14.2. The van der Waals surface area contributed by atoms with Gasteiger partial charge in [-0.15, -0.1) is 11.3 Å². The third-order valence-electron chi connectivity index (χ3n) is 7.13. The highest BCUT2D eigenvalue weighted by molar-refractivity contribution is 7.19. The third kappa shape index (κ3) is 6.06. The molecule has 1 atom stereocenters. The van der Waals surface area contributed by atoms with Crippen LogP contribution in [0, 0.1) is 5.82 Å². The minimum Gasteiger partial charge on any atom is -0.478 e. The minimum absolute atomic E-state index is 0.227. The maximum absolute atomic E-state index is 13.5. The lowest BCUT2D eigenvalue weighted by Crippen LogP contribution is -2.29. The van der Waals surface area contributed by atoms with Crippen LogP contribution in [0.3, 0.4) is 0 Å². The van der Waals surface area contributed by atoms with Crippen LogP contribution in [0.15, 0.2) is 127 Å². The van der Waals surface area contributed by atoms with Crippen molar-refractivity contribution >= 4 is 27.4 Å². The van der Waals surface area contributed by atoms with Gasteiger partial charge in [-0.2, -0.15) is 0 Å². The van der Waals surface area contributed by atoms with Crippen molar-refractivity contribution < 1.29 is 19.0 Å². The molecule has 0 spiro atoms. The van der Waals surface area contributed by atoms with E-state index in [-0.39, 0.29) is 5.82 Å². The van der Waals surface area contributed by atoms with Gasteiger partial charge in [0, 0.05) is 33.4 Å². The fraction of sp³-hybridized carbons (Fsp3) is 0.0833. The van der Waals surface area contributed by atoms with E-state index >= 15 is 0 Å². The Kier molecular flexibility index (Phi) is 7.61. The quantitative estimate of drug-likeness (QED) is 0.193. The van der Waals surface area contributed by atoms with E-state index in [4.69, 9.17) is 4.74 Å². The molecule has 0 fully saturated rings. The number of rotatable bonds is 9. The fourth-order valence-electron chi connectivity index (χ4n) is 5.05. The second-order valence-corrected chi connectivity index (χ2v) is 11.1. The molecule has 202 valence electrons. The van der Waals surface area contributed by atoms with Gasteiger partial charge in [0.1, 0.15) is 11.6 Å². The average molecular weight is 559 g/mol. The van der Waals surface area contributed by atoms with Crippen LogP contribution in [0.25, 0.3) is 32.3 Å². The van der Waals surface area contributed by atoms with Crippen molar-refractivity contribution in [2.24, 2.45) is 0 Å². The molecule has 41 heavy (non-hydrogen) atoms. The molecular formula is C36H27FO3S. The van der Waals surface area contributed by atoms with Crippen LogP contribution < -0.4 is 4.74 Å². The second kappa shape index (κ2) is 11.8. The van der Waals surface area contributed by atoms with Gasteiger partial charge in [-0.3, -0.25) is 0 Å². The molecule has 5 aromatic carbocycles. The number of thiophene rings is 1. The summed E-state index contributed by atoms with van der Waals surface area (Å²) in [6.45, 7) is 0. The first-order valence-electron chi connectivity index (χ1n) is 13.4. The van der Waals surface area contributed by atoms with Gasteiger partial charge >= 0.3 is 5.97 Å². The van der Waals surface area contributed by atoms with Crippen LogP contribution in [-0.4, -0.2) is 17.2 Å². The lowest BCUT2D eigenvalue weighted by molar-refractivity contribution is -0.145. The predicted octanol–water partition coefficient (Wildman–Crippen LogP) is 9.04. The number of halogens is 1. The second-order valence-electron chi connectivity index (χ2n) is 9.94. The van der Waals surface area contributed by atoms with Gasteiger partial charge in [0.25, 0.3) is 0 Å². The van der Waals surface area contributed by atoms with Crippen molar-refractivity contribution in [2.45, 2.75) is 18.9 Å². The summed E-state index contributed by atoms with van der Waals surface area (Å²) in [6.07, 6.45) is 0.0617. The van der Waals surface area contributed by atoms with Crippen LogP contribution >= 0.6 is 11.3 Å². The molecule has 0 radical (unpaired) electrons. The molecule has 0 unspecified atom stereocenters. The zero-order valence-electron chi connectivity index (χ0n) is 22.2. The summed E-state index contributed by atoms with van der Waals surface area (Å²) < 4.78 is 20.5. The molecule has 5 heteroatoms. The highest BCUT2D eigenvalue weighted by Gasteiger charge is 2.20. The van der Waals surface area contributed by atoms with Gasteiger partial charge in [-0.05, 0) is 58.1 Å². The Labute approximate surface area is 242 Å². The summed E-state index contributed by atoms with van der Waals surface area (Å²) in [7, 11) is 0. The van der Waals surface area contributed by atoms with Crippen LogP contribution in [0.1, 0.15) is 16.0 Å². The highest BCUT2D eigenvalue weighted by atomic mass is 32.1. The Balaban J connectivity index is 1.23. The molecule has 0 amide bonds. The first-order chi connectivity index (χ1) is 20.0. The van der Waals surface area contributed by atoms with Gasteiger partial charge in [0.15, 0.2) is 6.10 Å². The van der Waals surface area contributed by atoms with Gasteiger partial charge < -0.3 is 9.84 Å². The molecular weight excluding hydrogens is 531 g/mol. The van der Waals surface area contributed by atoms with Crippen molar-refractivity contribution in [1.29, 1.82) is 0 Å². The predicted molar refractivity (Wildman–Crippen MR) is 164 cm³/mol. The smallest absolute Gasteiger partial charge is 0.345 e. The third-order valence-corrected chi connectivity index (χ3v) is 8.30. The number of carbonyl (C=O) groups is 1. The maximum atomic E-state index is 13.5. The Bertz CT molecular complexity index is 1770. The molecule has 3 nitrogen and oxygen atoms in total. The Morgan fingerprint density at radius 3 is 2.00 bits per heavy atom. The molecule has 6 aromatic rings. The van der Waals surface area contributed by atoms with E-state index in [1.54, 1.807) is 11.3 Å². The molecule has 1 heterocycles. The summed E-state index contributed by atoms with van der Waals surface area (Å²) in [5.74, 6) is -0.702. The van der Waals surface area contributed by atoms with Gasteiger partial charge in [0.2, 0.25) is 0 Å². The molecule has 0 saturated heterocycles. The van der Waals surface area contributed by atoms with Gasteiger partial charge in [-0.1, -0.05) is 97.1 Å². The Morgan fingerprint density at radius 2 is 1.32 bits per heavy atom. The summed E-state index contributed by atoms with van der Waals surface area (Å²) >= 11 is 1.78. The minimum atomic E-state index is -0.992. The van der Waals surface area contributed by atoms with Crippen molar-refractivity contribution in [1.82, 2.24) is 0 Å². The molecule has 6 rings (SSSR count). The average Bonchev–Trinajstić information content (AvgIpc) is 3.37. The number of carboxylic acids is 1. The highest BCUT2D eigenvalue weighted by Crippen LogP contribution is 2.40. The summed E-state index contributed by atoms with van der Waals surface area (Å²) in [5, 5.41) is 10.9. The monoisotopic (exact) mass is 558 g/mol. The van der Waals surface area contributed by atoms with Crippen LogP contribution in [0.2, 0.25) is 0 Å². The van der Waals surface area contributed by atoms with E-state index in [9.17, 15) is 14.3 Å². The SMILES string of the molecule is O=C(O)[C@@H](Cc1ccccc1)Oc1ccc(-c2ccc(-c3c(Cc4ccc(F)cc4)sc4ccccc34)cc2)cc1. The van der Waals surface area contributed by atoms with E-state index in [2.05, 4.69) is 48.5 Å². The molecule has 0 saturated carbocycles. The number of hydrogen-bond acceptors (Lipinski definition) is 3. The summed E-state index contributed by atoms with van der Waals surface area (Å²) in [5.41, 5.74) is 6.40. The molecule has 0 aliphatic carbocycles. The van der Waals surface area contributed by atoms with Crippen LogP contribution in [0.5, 0.6) is 5.75 Å². The van der Waals surface area contributed by atoms with E-state index in [1.165, 1.54) is 32.7 Å².